The van der Waals surface area contributed by atoms with E-state index >= 15 is 0 Å². The zero-order chi connectivity index (χ0) is 14.7. The van der Waals surface area contributed by atoms with Gasteiger partial charge in [-0.1, -0.05) is 60.1 Å². The van der Waals surface area contributed by atoms with Gasteiger partial charge in [-0.15, -0.1) is 0 Å². The molecule has 0 heterocycles. The van der Waals surface area contributed by atoms with Crippen molar-refractivity contribution in [1.29, 1.82) is 0 Å². The van der Waals surface area contributed by atoms with E-state index in [1.54, 1.807) is 6.07 Å². The summed E-state index contributed by atoms with van der Waals surface area (Å²) in [6, 6.07) is 13.1. The van der Waals surface area contributed by atoms with E-state index in [1.165, 1.54) is 11.6 Å². The molecule has 0 saturated carbocycles. The molecule has 0 amide bonds. The lowest BCUT2D eigenvalue weighted by atomic mass is 9.96. The van der Waals surface area contributed by atoms with E-state index in [1.807, 2.05) is 6.07 Å². The van der Waals surface area contributed by atoms with Crippen LogP contribution in [0.5, 0.6) is 0 Å². The van der Waals surface area contributed by atoms with E-state index < -0.39 is 0 Å². The zero-order valence-corrected chi connectivity index (χ0v) is 13.3. The fourth-order valence-corrected chi connectivity index (χ4v) is 2.54. The summed E-state index contributed by atoms with van der Waals surface area (Å²) in [5, 5.41) is 0. The Bertz CT molecular complexity index is 578. The first-order valence-electron chi connectivity index (χ1n) is 6.76. The van der Waals surface area contributed by atoms with E-state index in [4.69, 9.17) is 5.73 Å². The molecule has 0 spiro atoms. The summed E-state index contributed by atoms with van der Waals surface area (Å²) in [6.07, 6.45) is 0.636. The number of nitrogens with two attached hydrogens (primary N) is 1. The van der Waals surface area contributed by atoms with Crippen LogP contribution in [-0.4, -0.2) is 0 Å². The predicted molar refractivity (Wildman–Crippen MR) is 85.3 cm³/mol. The molecule has 1 nitrogen and oxygen atoms in total. The molecule has 0 bridgehead atoms. The number of benzene rings is 2. The maximum atomic E-state index is 13.9. The Hall–Kier alpha value is -1.19. The van der Waals surface area contributed by atoms with Gasteiger partial charge in [0, 0.05) is 16.1 Å². The van der Waals surface area contributed by atoms with E-state index in [0.717, 1.165) is 10.0 Å². The van der Waals surface area contributed by atoms with Crippen LogP contribution in [-0.2, 0) is 6.42 Å². The minimum Gasteiger partial charge on any atom is -0.324 e. The van der Waals surface area contributed by atoms with E-state index in [-0.39, 0.29) is 11.9 Å². The minimum absolute atomic E-state index is 0.259. The molecule has 0 aromatic heterocycles. The number of halogens is 2. The SMILES string of the molecule is CC(C)c1ccc(CC(N)c2ccc(Br)cc2F)cc1. The first kappa shape index (κ1) is 15.2. The number of hydrogen-bond acceptors (Lipinski definition) is 1. The molecule has 0 aliphatic heterocycles. The van der Waals surface area contributed by atoms with E-state index in [9.17, 15) is 4.39 Å². The molecular weight excluding hydrogens is 317 g/mol. The molecule has 0 fully saturated rings. The van der Waals surface area contributed by atoms with Crippen molar-refractivity contribution in [2.24, 2.45) is 5.73 Å². The van der Waals surface area contributed by atoms with E-state index in [0.29, 0.717) is 17.9 Å². The van der Waals surface area contributed by atoms with Crippen molar-refractivity contribution >= 4 is 15.9 Å². The molecular formula is C17H19BrFN. The first-order valence-corrected chi connectivity index (χ1v) is 7.56. The summed E-state index contributed by atoms with van der Waals surface area (Å²) in [4.78, 5) is 0. The Morgan fingerprint density at radius 2 is 1.75 bits per heavy atom. The molecule has 1 unspecified atom stereocenters. The minimum atomic E-state index is -0.326. The second-order valence-corrected chi connectivity index (χ2v) is 6.29. The molecule has 106 valence electrons. The third kappa shape index (κ3) is 3.68. The van der Waals surface area contributed by atoms with Gasteiger partial charge < -0.3 is 5.73 Å². The highest BCUT2D eigenvalue weighted by Crippen LogP contribution is 2.23. The summed E-state index contributed by atoms with van der Waals surface area (Å²) >= 11 is 3.25. The maximum absolute atomic E-state index is 13.9. The van der Waals surface area contributed by atoms with Crippen LogP contribution in [0.3, 0.4) is 0 Å². The second-order valence-electron chi connectivity index (χ2n) is 5.37. The Balaban J connectivity index is 2.12. The fraction of sp³-hybridized carbons (Fsp3) is 0.294. The van der Waals surface area contributed by atoms with Crippen molar-refractivity contribution in [2.45, 2.75) is 32.2 Å². The standard InChI is InChI=1S/C17H19BrFN/c1-11(2)13-5-3-12(4-6-13)9-17(20)15-8-7-14(18)10-16(15)19/h3-8,10-11,17H,9,20H2,1-2H3. The lowest BCUT2D eigenvalue weighted by Crippen LogP contribution is -2.15. The van der Waals surface area contributed by atoms with Crippen molar-refractivity contribution in [1.82, 2.24) is 0 Å². The maximum Gasteiger partial charge on any atom is 0.129 e. The molecule has 0 saturated heterocycles. The quantitative estimate of drug-likeness (QED) is 0.840. The highest BCUT2D eigenvalue weighted by Gasteiger charge is 2.12. The molecule has 2 N–H and O–H groups in total. The lowest BCUT2D eigenvalue weighted by Gasteiger charge is -2.14. The van der Waals surface area contributed by atoms with Crippen LogP contribution in [0, 0.1) is 5.82 Å². The van der Waals surface area contributed by atoms with Gasteiger partial charge in [0.15, 0.2) is 0 Å². The van der Waals surface area contributed by atoms with Gasteiger partial charge in [-0.3, -0.25) is 0 Å². The van der Waals surface area contributed by atoms with Crippen molar-refractivity contribution in [2.75, 3.05) is 0 Å². The molecule has 1 atom stereocenters. The third-order valence-corrected chi connectivity index (χ3v) is 3.96. The highest BCUT2D eigenvalue weighted by molar-refractivity contribution is 9.10. The van der Waals surface area contributed by atoms with Crippen molar-refractivity contribution < 1.29 is 4.39 Å². The summed E-state index contributed by atoms with van der Waals surface area (Å²) in [6.45, 7) is 4.33. The van der Waals surface area contributed by atoms with Crippen LogP contribution in [0.25, 0.3) is 0 Å². The molecule has 2 aromatic rings. The van der Waals surface area contributed by atoms with Gasteiger partial charge in [0.05, 0.1) is 0 Å². The Morgan fingerprint density at radius 3 is 2.30 bits per heavy atom. The summed E-state index contributed by atoms with van der Waals surface area (Å²) in [5.74, 6) is 0.257. The molecule has 0 aliphatic rings. The third-order valence-electron chi connectivity index (χ3n) is 3.46. The Morgan fingerprint density at radius 1 is 1.10 bits per heavy atom. The average molecular weight is 336 g/mol. The van der Waals surface area contributed by atoms with Crippen molar-refractivity contribution in [3.63, 3.8) is 0 Å². The monoisotopic (exact) mass is 335 g/mol. The van der Waals surface area contributed by atoms with Crippen LogP contribution in [0.4, 0.5) is 4.39 Å². The lowest BCUT2D eigenvalue weighted by molar-refractivity contribution is 0.579. The second kappa shape index (κ2) is 6.51. The summed E-state index contributed by atoms with van der Waals surface area (Å²) < 4.78 is 14.6. The van der Waals surface area contributed by atoms with Crippen molar-refractivity contribution in [3.8, 4) is 0 Å². The van der Waals surface area contributed by atoms with Crippen LogP contribution in [0.15, 0.2) is 46.9 Å². The van der Waals surface area contributed by atoms with Crippen LogP contribution < -0.4 is 5.73 Å². The van der Waals surface area contributed by atoms with Crippen LogP contribution >= 0.6 is 15.9 Å². The Labute approximate surface area is 128 Å². The van der Waals surface area contributed by atoms with Crippen molar-refractivity contribution in [3.05, 3.63) is 69.4 Å². The van der Waals surface area contributed by atoms with Crippen LogP contribution in [0.1, 0.15) is 42.5 Å². The largest absolute Gasteiger partial charge is 0.324 e. The number of rotatable bonds is 4. The fourth-order valence-electron chi connectivity index (χ4n) is 2.20. The molecule has 2 rings (SSSR count). The molecule has 3 heteroatoms. The highest BCUT2D eigenvalue weighted by atomic mass is 79.9. The summed E-state index contributed by atoms with van der Waals surface area (Å²) in [7, 11) is 0. The number of hydrogen-bond donors (Lipinski definition) is 1. The van der Waals surface area contributed by atoms with Gasteiger partial charge in [0.25, 0.3) is 0 Å². The first-order chi connectivity index (χ1) is 9.47. The normalized spacial score (nSPS) is 12.7. The van der Waals surface area contributed by atoms with Crippen LogP contribution in [0.2, 0.25) is 0 Å². The van der Waals surface area contributed by atoms with Gasteiger partial charge in [0.1, 0.15) is 5.82 Å². The van der Waals surface area contributed by atoms with Gasteiger partial charge in [0.2, 0.25) is 0 Å². The molecule has 0 aliphatic carbocycles. The van der Waals surface area contributed by atoms with Gasteiger partial charge >= 0.3 is 0 Å². The average Bonchev–Trinajstić information content (AvgIpc) is 2.39. The van der Waals surface area contributed by atoms with Gasteiger partial charge in [-0.2, -0.15) is 0 Å². The Kier molecular flexibility index (Phi) is 4.95. The zero-order valence-electron chi connectivity index (χ0n) is 11.7. The smallest absolute Gasteiger partial charge is 0.129 e. The summed E-state index contributed by atoms with van der Waals surface area (Å²) in [5.41, 5.74) is 9.11. The molecule has 2 aromatic carbocycles. The predicted octanol–water partition coefficient (Wildman–Crippen LogP) is 4.95. The topological polar surface area (TPSA) is 26.0 Å². The molecule has 20 heavy (non-hydrogen) atoms. The van der Waals surface area contributed by atoms with E-state index in [2.05, 4.69) is 54.0 Å². The van der Waals surface area contributed by atoms with Gasteiger partial charge in [-0.05, 0) is 35.6 Å². The molecule has 0 radical (unpaired) electrons. The van der Waals surface area contributed by atoms with Gasteiger partial charge in [-0.25, -0.2) is 4.39 Å².